The molecule has 2 aliphatic rings. The number of halogens is 1. The first kappa shape index (κ1) is 7.80. The summed E-state index contributed by atoms with van der Waals surface area (Å²) in [5.41, 5.74) is 3.29. The van der Waals surface area contributed by atoms with Crippen molar-refractivity contribution in [3.63, 3.8) is 0 Å². The van der Waals surface area contributed by atoms with Crippen molar-refractivity contribution in [1.29, 1.82) is 0 Å². The number of rotatable bonds is 0. The van der Waals surface area contributed by atoms with Crippen LogP contribution in [0.25, 0.3) is 0 Å². The van der Waals surface area contributed by atoms with E-state index < -0.39 is 0 Å². The fourth-order valence-electron chi connectivity index (χ4n) is 1.73. The Balaban J connectivity index is 2.19. The van der Waals surface area contributed by atoms with Crippen molar-refractivity contribution < 1.29 is 0 Å². The minimum absolute atomic E-state index is 1.16. The summed E-state index contributed by atoms with van der Waals surface area (Å²) in [7, 11) is 0. The van der Waals surface area contributed by atoms with E-state index in [0.717, 1.165) is 6.54 Å². The molecule has 0 aromatic rings. The maximum atomic E-state index is 2.41. The molecular weight excluding hydrogens is 249 g/mol. The quantitative estimate of drug-likeness (QED) is 0.478. The van der Waals surface area contributed by atoms with Crippen LogP contribution < -0.4 is 0 Å². The van der Waals surface area contributed by atoms with Gasteiger partial charge in [-0.15, -0.1) is 0 Å². The van der Waals surface area contributed by atoms with Gasteiger partial charge in [0.1, 0.15) is 0 Å². The standard InChI is InChI=1S/C9H12IN/c10-11-6-5-8-3-1-2-4-9(8)7-11/h2,4H,1,3,5-7H2. The highest BCUT2D eigenvalue weighted by Crippen LogP contribution is 2.27. The molecule has 2 heteroatoms. The molecule has 1 aliphatic carbocycles. The van der Waals surface area contributed by atoms with E-state index >= 15 is 0 Å². The second kappa shape index (κ2) is 3.27. The lowest BCUT2D eigenvalue weighted by Gasteiger charge is -2.26. The highest BCUT2D eigenvalue weighted by molar-refractivity contribution is 14.1. The third-order valence-electron chi connectivity index (χ3n) is 2.38. The molecule has 1 aliphatic heterocycles. The molecule has 0 atom stereocenters. The Morgan fingerprint density at radius 1 is 1.36 bits per heavy atom. The van der Waals surface area contributed by atoms with Gasteiger partial charge in [-0.2, -0.15) is 0 Å². The van der Waals surface area contributed by atoms with E-state index in [-0.39, 0.29) is 0 Å². The van der Waals surface area contributed by atoms with Crippen molar-refractivity contribution >= 4 is 22.9 Å². The maximum absolute atomic E-state index is 2.41. The summed E-state index contributed by atoms with van der Waals surface area (Å²) in [5, 5.41) is 0. The summed E-state index contributed by atoms with van der Waals surface area (Å²) in [6, 6.07) is 0. The predicted molar refractivity (Wildman–Crippen MR) is 55.6 cm³/mol. The molecular formula is C9H12IN. The van der Waals surface area contributed by atoms with Crippen LogP contribution >= 0.6 is 22.9 Å². The summed E-state index contributed by atoms with van der Waals surface area (Å²) in [6.45, 7) is 2.40. The molecule has 0 aromatic heterocycles. The number of hydrogen-bond acceptors (Lipinski definition) is 1. The Morgan fingerprint density at radius 2 is 2.27 bits per heavy atom. The molecule has 0 bridgehead atoms. The van der Waals surface area contributed by atoms with Crippen molar-refractivity contribution in [2.45, 2.75) is 19.3 Å². The first-order chi connectivity index (χ1) is 5.36. The third kappa shape index (κ3) is 1.67. The van der Waals surface area contributed by atoms with Crippen molar-refractivity contribution in [2.24, 2.45) is 0 Å². The molecule has 0 saturated carbocycles. The SMILES string of the molecule is IN1CCC2=C(C=CCC2)C1. The van der Waals surface area contributed by atoms with Gasteiger partial charge < -0.3 is 0 Å². The molecule has 0 N–H and O–H groups in total. The maximum Gasteiger partial charge on any atom is 0.0331 e. The zero-order valence-corrected chi connectivity index (χ0v) is 8.67. The van der Waals surface area contributed by atoms with E-state index in [1.807, 2.05) is 0 Å². The van der Waals surface area contributed by atoms with Crippen LogP contribution in [-0.2, 0) is 0 Å². The van der Waals surface area contributed by atoms with Crippen LogP contribution in [0, 0.1) is 0 Å². The predicted octanol–water partition coefficient (Wildman–Crippen LogP) is 2.69. The van der Waals surface area contributed by atoms with Crippen molar-refractivity contribution in [3.8, 4) is 0 Å². The first-order valence-corrected chi connectivity index (χ1v) is 5.11. The average molecular weight is 261 g/mol. The fourth-order valence-corrected chi connectivity index (χ4v) is 2.34. The van der Waals surface area contributed by atoms with Crippen LogP contribution in [0.4, 0.5) is 0 Å². The summed E-state index contributed by atoms with van der Waals surface area (Å²) >= 11 is 2.41. The van der Waals surface area contributed by atoms with Gasteiger partial charge in [-0.3, -0.25) is 0 Å². The van der Waals surface area contributed by atoms with Gasteiger partial charge in [0.15, 0.2) is 0 Å². The molecule has 0 fully saturated rings. The lowest BCUT2D eigenvalue weighted by atomic mass is 9.93. The molecule has 0 aromatic carbocycles. The van der Waals surface area contributed by atoms with Crippen LogP contribution in [0.2, 0.25) is 0 Å². The van der Waals surface area contributed by atoms with Gasteiger partial charge in [-0.25, -0.2) is 3.11 Å². The third-order valence-corrected chi connectivity index (χ3v) is 3.21. The average Bonchev–Trinajstić information content (AvgIpc) is 2.04. The van der Waals surface area contributed by atoms with E-state index in [2.05, 4.69) is 38.1 Å². The highest BCUT2D eigenvalue weighted by Gasteiger charge is 2.16. The molecule has 0 unspecified atom stereocenters. The zero-order valence-electron chi connectivity index (χ0n) is 6.52. The van der Waals surface area contributed by atoms with E-state index in [0.29, 0.717) is 0 Å². The molecule has 60 valence electrons. The molecule has 1 heterocycles. The fraction of sp³-hybridized carbons (Fsp3) is 0.556. The number of allylic oxidation sites excluding steroid dienone is 1. The molecule has 1 nitrogen and oxygen atoms in total. The topological polar surface area (TPSA) is 3.24 Å². The van der Waals surface area contributed by atoms with Crippen molar-refractivity contribution in [2.75, 3.05) is 13.1 Å². The lowest BCUT2D eigenvalue weighted by molar-refractivity contribution is 0.513. The van der Waals surface area contributed by atoms with E-state index in [9.17, 15) is 0 Å². The lowest BCUT2D eigenvalue weighted by Crippen LogP contribution is -2.23. The zero-order chi connectivity index (χ0) is 7.68. The van der Waals surface area contributed by atoms with Gasteiger partial charge in [-0.1, -0.05) is 17.7 Å². The van der Waals surface area contributed by atoms with Crippen LogP contribution in [0.15, 0.2) is 23.3 Å². The molecule has 2 rings (SSSR count). The molecule has 0 saturated heterocycles. The van der Waals surface area contributed by atoms with Crippen molar-refractivity contribution in [1.82, 2.24) is 3.11 Å². The van der Waals surface area contributed by atoms with Gasteiger partial charge in [0.2, 0.25) is 0 Å². The van der Waals surface area contributed by atoms with Gasteiger partial charge in [0.05, 0.1) is 0 Å². The Bertz CT molecular complexity index is 218. The van der Waals surface area contributed by atoms with Gasteiger partial charge in [0, 0.05) is 36.0 Å². The first-order valence-electron chi connectivity index (χ1n) is 4.14. The largest absolute Gasteiger partial charge is 0.243 e. The Morgan fingerprint density at radius 3 is 3.18 bits per heavy atom. The Kier molecular flexibility index (Phi) is 2.32. The van der Waals surface area contributed by atoms with Gasteiger partial charge in [-0.05, 0) is 24.8 Å². The van der Waals surface area contributed by atoms with Gasteiger partial charge in [0.25, 0.3) is 0 Å². The molecule has 0 radical (unpaired) electrons. The van der Waals surface area contributed by atoms with Crippen LogP contribution in [-0.4, -0.2) is 16.2 Å². The normalized spacial score (nSPS) is 25.5. The van der Waals surface area contributed by atoms with Crippen LogP contribution in [0.1, 0.15) is 19.3 Å². The van der Waals surface area contributed by atoms with Crippen LogP contribution in [0.3, 0.4) is 0 Å². The second-order valence-electron chi connectivity index (χ2n) is 3.16. The number of hydrogen-bond donors (Lipinski definition) is 0. The Labute approximate surface area is 81.6 Å². The van der Waals surface area contributed by atoms with Gasteiger partial charge >= 0.3 is 0 Å². The van der Waals surface area contributed by atoms with Crippen LogP contribution in [0.5, 0.6) is 0 Å². The monoisotopic (exact) mass is 261 g/mol. The van der Waals surface area contributed by atoms with E-state index in [1.165, 1.54) is 25.8 Å². The Hall–Kier alpha value is 0.170. The minimum atomic E-state index is 1.16. The molecule has 0 spiro atoms. The molecule has 0 amide bonds. The number of nitrogens with zero attached hydrogens (tertiary/aromatic N) is 1. The van der Waals surface area contributed by atoms with E-state index in [1.54, 1.807) is 11.1 Å². The second-order valence-corrected chi connectivity index (χ2v) is 4.53. The van der Waals surface area contributed by atoms with Crippen molar-refractivity contribution in [3.05, 3.63) is 23.3 Å². The highest BCUT2D eigenvalue weighted by atomic mass is 127. The summed E-state index contributed by atoms with van der Waals surface area (Å²) < 4.78 is 2.37. The smallest absolute Gasteiger partial charge is 0.0331 e. The molecule has 11 heavy (non-hydrogen) atoms. The summed E-state index contributed by atoms with van der Waals surface area (Å²) in [5.74, 6) is 0. The summed E-state index contributed by atoms with van der Waals surface area (Å²) in [6.07, 6.45) is 8.48. The minimum Gasteiger partial charge on any atom is -0.243 e. The summed E-state index contributed by atoms with van der Waals surface area (Å²) in [4.78, 5) is 0. The van der Waals surface area contributed by atoms with E-state index in [4.69, 9.17) is 0 Å².